The quantitative estimate of drug-likeness (QED) is 0.145. The molecule has 0 aliphatic rings. The Morgan fingerprint density at radius 1 is 1.31 bits per heavy atom. The number of hydrogen-bond donors (Lipinski definition) is 7. The number of nitrogens with zero attached hydrogens (tertiary/aromatic N) is 1. The van der Waals surface area contributed by atoms with Crippen molar-refractivity contribution >= 4 is 23.5 Å². The van der Waals surface area contributed by atoms with Crippen LogP contribution in [0.2, 0.25) is 0 Å². The van der Waals surface area contributed by atoms with Gasteiger partial charge in [0.05, 0.1) is 12.8 Å². The molecule has 0 aromatic rings. The highest BCUT2D eigenvalue weighted by molar-refractivity contribution is 7.80. The second kappa shape index (κ2) is 7.44. The Morgan fingerprint density at radius 2 is 1.88 bits per heavy atom. The molecule has 0 amide bonds. The molecule has 8 N–H and O–H groups in total. The summed E-state index contributed by atoms with van der Waals surface area (Å²) in [7, 11) is 0. The molecule has 0 rings (SSSR count). The Hall–Kier alpha value is -0.840. The Labute approximate surface area is 97.0 Å². The zero-order valence-corrected chi connectivity index (χ0v) is 9.08. The molecule has 0 saturated carbocycles. The number of aliphatic hydroxyl groups excluding tert-OH is 5. The highest BCUT2D eigenvalue weighted by Gasteiger charge is 2.29. The molecule has 0 radical (unpaired) electrons. The lowest BCUT2D eigenvalue weighted by atomic mass is 10.0. The zero-order chi connectivity index (χ0) is 12.7. The van der Waals surface area contributed by atoms with Crippen molar-refractivity contribution in [1.82, 2.24) is 5.43 Å². The summed E-state index contributed by atoms with van der Waals surface area (Å²) >= 11 is 4.41. The molecule has 9 heteroatoms. The third kappa shape index (κ3) is 5.30. The van der Waals surface area contributed by atoms with Gasteiger partial charge in [0.2, 0.25) is 0 Å². The molecule has 16 heavy (non-hydrogen) atoms. The highest BCUT2D eigenvalue weighted by Crippen LogP contribution is 2.03. The van der Waals surface area contributed by atoms with Crippen LogP contribution in [0.4, 0.5) is 0 Å². The van der Waals surface area contributed by atoms with Gasteiger partial charge in [0, 0.05) is 0 Å². The predicted molar refractivity (Wildman–Crippen MR) is 59.5 cm³/mol. The van der Waals surface area contributed by atoms with E-state index in [0.29, 0.717) is 0 Å². The van der Waals surface area contributed by atoms with Gasteiger partial charge in [-0.1, -0.05) is 0 Å². The second-order valence-corrected chi connectivity index (χ2v) is 3.42. The lowest BCUT2D eigenvalue weighted by molar-refractivity contribution is -0.0999. The number of hydrogen-bond acceptors (Lipinski definition) is 7. The summed E-state index contributed by atoms with van der Waals surface area (Å²) < 4.78 is 0. The summed E-state index contributed by atoms with van der Waals surface area (Å²) in [5, 5.41) is 48.5. The van der Waals surface area contributed by atoms with Crippen molar-refractivity contribution in [2.45, 2.75) is 24.4 Å². The normalized spacial score (nSPS) is 19.1. The van der Waals surface area contributed by atoms with Gasteiger partial charge in [-0.2, -0.15) is 5.10 Å². The Balaban J connectivity index is 4.21. The van der Waals surface area contributed by atoms with Gasteiger partial charge in [0.25, 0.3) is 0 Å². The van der Waals surface area contributed by atoms with Crippen molar-refractivity contribution < 1.29 is 25.5 Å². The SMILES string of the molecule is NC(=S)N/N=C\[C@H](O)[C@H](O)[C@H](O)[C@H](O)CO. The average Bonchev–Trinajstić information content (AvgIpc) is 2.25. The van der Waals surface area contributed by atoms with Crippen molar-refractivity contribution in [3.8, 4) is 0 Å². The standard InChI is InChI=1S/C7H15N3O5S/c8-7(16)10-9-1-3(12)5(14)6(15)4(13)2-11/h1,3-6,11-15H,2H2,(H3,8,10,16)/b9-1-/t3-,4+,5-,6+/m0/s1. The molecule has 0 aromatic carbocycles. The van der Waals surface area contributed by atoms with Crippen LogP contribution in [0, 0.1) is 0 Å². The number of aliphatic hydroxyl groups is 5. The van der Waals surface area contributed by atoms with E-state index >= 15 is 0 Å². The van der Waals surface area contributed by atoms with E-state index in [1.165, 1.54) is 0 Å². The highest BCUT2D eigenvalue weighted by atomic mass is 32.1. The van der Waals surface area contributed by atoms with Crippen LogP contribution < -0.4 is 11.2 Å². The van der Waals surface area contributed by atoms with Gasteiger partial charge >= 0.3 is 0 Å². The first-order chi connectivity index (χ1) is 7.40. The fourth-order valence-electron chi connectivity index (χ4n) is 0.803. The summed E-state index contributed by atoms with van der Waals surface area (Å²) in [5.74, 6) is 0. The molecule has 0 aliphatic heterocycles. The van der Waals surface area contributed by atoms with Crippen LogP contribution in [0.5, 0.6) is 0 Å². The topological polar surface area (TPSA) is 152 Å². The molecule has 0 unspecified atom stereocenters. The van der Waals surface area contributed by atoms with E-state index in [2.05, 4.69) is 22.7 Å². The van der Waals surface area contributed by atoms with Crippen LogP contribution in [0.3, 0.4) is 0 Å². The van der Waals surface area contributed by atoms with E-state index in [1.807, 2.05) is 0 Å². The van der Waals surface area contributed by atoms with Crippen LogP contribution in [0.25, 0.3) is 0 Å². The first kappa shape index (κ1) is 15.2. The van der Waals surface area contributed by atoms with E-state index in [9.17, 15) is 15.3 Å². The minimum absolute atomic E-state index is 0.131. The van der Waals surface area contributed by atoms with Gasteiger partial charge in [-0.05, 0) is 12.2 Å². The van der Waals surface area contributed by atoms with E-state index in [-0.39, 0.29) is 5.11 Å². The monoisotopic (exact) mass is 253 g/mol. The van der Waals surface area contributed by atoms with Crippen LogP contribution in [0.1, 0.15) is 0 Å². The van der Waals surface area contributed by atoms with Gasteiger partial charge < -0.3 is 31.3 Å². The molecule has 0 spiro atoms. The minimum atomic E-state index is -1.70. The maximum atomic E-state index is 9.30. The lowest BCUT2D eigenvalue weighted by Gasteiger charge is -2.23. The molecule has 0 heterocycles. The third-order valence-electron chi connectivity index (χ3n) is 1.68. The number of nitrogens with one attached hydrogen (secondary N) is 1. The molecule has 94 valence electrons. The summed E-state index contributed by atoms with van der Waals surface area (Å²) in [6, 6.07) is 0. The number of rotatable bonds is 6. The molecule has 0 aromatic heterocycles. The largest absolute Gasteiger partial charge is 0.394 e. The predicted octanol–water partition coefficient (Wildman–Crippen LogP) is -3.76. The average molecular weight is 253 g/mol. The first-order valence-electron chi connectivity index (χ1n) is 4.32. The van der Waals surface area contributed by atoms with Gasteiger partial charge in [-0.3, -0.25) is 5.43 Å². The van der Waals surface area contributed by atoms with E-state index in [4.69, 9.17) is 15.9 Å². The summed E-state index contributed by atoms with van der Waals surface area (Å²) in [5.41, 5.74) is 7.15. The Morgan fingerprint density at radius 3 is 2.31 bits per heavy atom. The molecule has 4 atom stereocenters. The summed E-state index contributed by atoms with van der Waals surface area (Å²) in [4.78, 5) is 0. The second-order valence-electron chi connectivity index (χ2n) is 2.98. The summed E-state index contributed by atoms with van der Waals surface area (Å²) in [6.45, 7) is -0.743. The molecular formula is C7H15N3O5S. The van der Waals surface area contributed by atoms with Crippen LogP contribution in [-0.4, -0.2) is 67.9 Å². The van der Waals surface area contributed by atoms with Gasteiger partial charge in [0.1, 0.15) is 24.4 Å². The van der Waals surface area contributed by atoms with Crippen molar-refractivity contribution in [3.05, 3.63) is 0 Å². The first-order valence-corrected chi connectivity index (χ1v) is 4.72. The fraction of sp³-hybridized carbons (Fsp3) is 0.714. The summed E-state index contributed by atoms with van der Waals surface area (Å²) in [6.07, 6.45) is -5.65. The van der Waals surface area contributed by atoms with Gasteiger partial charge in [-0.15, -0.1) is 0 Å². The number of thiocarbonyl (C=S) groups is 1. The zero-order valence-electron chi connectivity index (χ0n) is 8.26. The fourth-order valence-corrected chi connectivity index (χ4v) is 0.856. The maximum Gasteiger partial charge on any atom is 0.184 e. The number of nitrogens with two attached hydrogens (primary N) is 1. The lowest BCUT2D eigenvalue weighted by Crippen LogP contribution is -2.46. The molecule has 0 saturated heterocycles. The Bertz CT molecular complexity index is 252. The van der Waals surface area contributed by atoms with Crippen LogP contribution in [0.15, 0.2) is 5.10 Å². The van der Waals surface area contributed by atoms with Crippen molar-refractivity contribution in [2.75, 3.05) is 6.61 Å². The van der Waals surface area contributed by atoms with Crippen molar-refractivity contribution in [3.63, 3.8) is 0 Å². The molecule has 0 bridgehead atoms. The Kier molecular flexibility index (Phi) is 7.05. The number of hydrazone groups is 1. The van der Waals surface area contributed by atoms with E-state index in [0.717, 1.165) is 6.21 Å². The van der Waals surface area contributed by atoms with Crippen molar-refractivity contribution in [1.29, 1.82) is 0 Å². The van der Waals surface area contributed by atoms with E-state index < -0.39 is 31.0 Å². The van der Waals surface area contributed by atoms with Gasteiger partial charge in [-0.25, -0.2) is 0 Å². The van der Waals surface area contributed by atoms with Gasteiger partial charge in [0.15, 0.2) is 5.11 Å². The third-order valence-corrected chi connectivity index (χ3v) is 1.77. The maximum absolute atomic E-state index is 9.30. The molecular weight excluding hydrogens is 238 g/mol. The minimum Gasteiger partial charge on any atom is -0.394 e. The van der Waals surface area contributed by atoms with Crippen molar-refractivity contribution in [2.24, 2.45) is 10.8 Å². The van der Waals surface area contributed by atoms with E-state index in [1.54, 1.807) is 0 Å². The molecule has 0 fully saturated rings. The molecule has 8 nitrogen and oxygen atoms in total. The van der Waals surface area contributed by atoms with Crippen LogP contribution in [-0.2, 0) is 0 Å². The van der Waals surface area contributed by atoms with Crippen LogP contribution >= 0.6 is 12.2 Å². The smallest absolute Gasteiger partial charge is 0.184 e. The molecule has 0 aliphatic carbocycles.